The van der Waals surface area contributed by atoms with Crippen LogP contribution in [0.5, 0.6) is 0 Å². The highest BCUT2D eigenvalue weighted by Gasteiger charge is 2.79. The summed E-state index contributed by atoms with van der Waals surface area (Å²) in [6, 6.07) is 9.72. The average Bonchev–Trinajstić information content (AvgIpc) is 2.82. The largest absolute Gasteiger partial charge is 0.384 e. The molecule has 0 aromatic heterocycles. The second kappa shape index (κ2) is 8.48. The third kappa shape index (κ3) is 3.65. The van der Waals surface area contributed by atoms with Gasteiger partial charge in [-0.1, -0.05) is 51.1 Å². The molecule has 0 radical (unpaired) electrons. The number of hydrogen-bond donors (Lipinski definition) is 1. The van der Waals surface area contributed by atoms with Gasteiger partial charge in [0.2, 0.25) is 0 Å². The van der Waals surface area contributed by atoms with Crippen molar-refractivity contribution in [2.75, 3.05) is 20.3 Å². The maximum Gasteiger partial charge on any atom is 0.198 e. The van der Waals surface area contributed by atoms with E-state index >= 15 is 0 Å². The zero-order valence-corrected chi connectivity index (χ0v) is 23.0. The molecule has 0 bridgehead atoms. The number of hydrogen-bond acceptors (Lipinski definition) is 7. The van der Waals surface area contributed by atoms with Crippen molar-refractivity contribution in [2.24, 2.45) is 17.8 Å². The molecule has 3 aliphatic rings. The first-order valence-corrected chi connectivity index (χ1v) is 12.8. The molecule has 0 aliphatic carbocycles. The first-order valence-electron chi connectivity index (χ1n) is 12.8. The van der Waals surface area contributed by atoms with E-state index in [-0.39, 0.29) is 12.5 Å². The van der Waals surface area contributed by atoms with Gasteiger partial charge >= 0.3 is 0 Å². The summed E-state index contributed by atoms with van der Waals surface area (Å²) < 4.78 is 38.7. The topological polar surface area (TPSA) is 75.6 Å². The van der Waals surface area contributed by atoms with E-state index in [9.17, 15) is 5.11 Å². The predicted octanol–water partition coefficient (Wildman–Crippen LogP) is 4.82. The van der Waals surface area contributed by atoms with Gasteiger partial charge in [-0.25, -0.2) is 0 Å². The lowest BCUT2D eigenvalue weighted by molar-refractivity contribution is -0.516. The molecule has 4 rings (SSSR count). The highest BCUT2D eigenvalue weighted by molar-refractivity contribution is 5.26. The van der Waals surface area contributed by atoms with Crippen LogP contribution in [0.15, 0.2) is 30.3 Å². The van der Waals surface area contributed by atoms with Crippen LogP contribution in [-0.2, 0) is 28.4 Å². The van der Waals surface area contributed by atoms with Crippen molar-refractivity contribution in [1.82, 2.24) is 0 Å². The lowest BCUT2D eigenvalue weighted by atomic mass is 9.60. The third-order valence-electron chi connectivity index (χ3n) is 10.0. The monoisotopic (exact) mass is 492 g/mol. The Morgan fingerprint density at radius 3 is 2.20 bits per heavy atom. The number of rotatable bonds is 4. The van der Waals surface area contributed by atoms with Crippen LogP contribution < -0.4 is 0 Å². The number of methoxy groups -OCH3 is 1. The normalized spacial score (nSPS) is 52.7. The van der Waals surface area contributed by atoms with E-state index in [1.54, 1.807) is 21.0 Å². The zero-order chi connectivity index (χ0) is 26.1. The van der Waals surface area contributed by atoms with Crippen LogP contribution >= 0.6 is 0 Å². The van der Waals surface area contributed by atoms with E-state index in [0.29, 0.717) is 18.4 Å². The molecule has 0 saturated carbocycles. The average molecular weight is 493 g/mol. The van der Waals surface area contributed by atoms with Crippen LogP contribution in [0.4, 0.5) is 0 Å². The van der Waals surface area contributed by atoms with Gasteiger partial charge in [0.1, 0.15) is 16.8 Å². The van der Waals surface area contributed by atoms with Gasteiger partial charge in [0.05, 0.1) is 13.2 Å². The van der Waals surface area contributed by atoms with Gasteiger partial charge in [-0.3, -0.25) is 0 Å². The van der Waals surface area contributed by atoms with Crippen LogP contribution in [0.25, 0.3) is 0 Å². The summed E-state index contributed by atoms with van der Waals surface area (Å²) in [6.07, 6.45) is -0.665. The quantitative estimate of drug-likeness (QED) is 0.646. The van der Waals surface area contributed by atoms with E-state index < -0.39 is 40.3 Å². The third-order valence-corrected chi connectivity index (χ3v) is 10.0. The summed E-state index contributed by atoms with van der Waals surface area (Å²) in [4.78, 5) is 0. The van der Waals surface area contributed by atoms with Crippen LogP contribution in [0.3, 0.4) is 0 Å². The fourth-order valence-corrected chi connectivity index (χ4v) is 6.21. The van der Waals surface area contributed by atoms with E-state index in [1.165, 1.54) is 0 Å². The van der Waals surface area contributed by atoms with Crippen molar-refractivity contribution in [3.05, 3.63) is 35.9 Å². The molecule has 7 nitrogen and oxygen atoms in total. The minimum atomic E-state index is -1.59. The highest BCUT2D eigenvalue weighted by atomic mass is 16.8. The molecule has 0 unspecified atom stereocenters. The minimum absolute atomic E-state index is 0.0637. The molecule has 3 saturated heterocycles. The molecular formula is C28H44O7. The van der Waals surface area contributed by atoms with Crippen LogP contribution in [0.2, 0.25) is 0 Å². The lowest BCUT2D eigenvalue weighted by Gasteiger charge is -2.70. The molecule has 10 atom stereocenters. The molecule has 1 N–H and O–H groups in total. The molecule has 0 spiro atoms. The number of fused-ring (bicyclic) bond motifs is 1. The highest BCUT2D eigenvalue weighted by Crippen LogP contribution is 2.61. The van der Waals surface area contributed by atoms with Crippen LogP contribution in [-0.4, -0.2) is 59.4 Å². The lowest BCUT2D eigenvalue weighted by Crippen LogP contribution is -2.87. The predicted molar refractivity (Wildman–Crippen MR) is 131 cm³/mol. The molecule has 35 heavy (non-hydrogen) atoms. The molecule has 3 fully saturated rings. The van der Waals surface area contributed by atoms with Crippen molar-refractivity contribution in [3.63, 3.8) is 0 Å². The molecular weight excluding hydrogens is 448 g/mol. The van der Waals surface area contributed by atoms with Gasteiger partial charge < -0.3 is 33.5 Å². The van der Waals surface area contributed by atoms with Gasteiger partial charge in [-0.2, -0.15) is 0 Å². The molecule has 0 amide bonds. The maximum absolute atomic E-state index is 12.6. The van der Waals surface area contributed by atoms with Crippen molar-refractivity contribution >= 4 is 0 Å². The van der Waals surface area contributed by atoms with Gasteiger partial charge in [0.15, 0.2) is 23.5 Å². The summed E-state index contributed by atoms with van der Waals surface area (Å²) >= 11 is 0. The van der Waals surface area contributed by atoms with Crippen molar-refractivity contribution in [2.45, 2.75) is 103 Å². The van der Waals surface area contributed by atoms with Gasteiger partial charge in [0.25, 0.3) is 0 Å². The van der Waals surface area contributed by atoms with E-state index in [0.717, 1.165) is 5.56 Å². The molecule has 3 heterocycles. The van der Waals surface area contributed by atoms with Gasteiger partial charge in [-0.15, -0.1) is 0 Å². The molecule has 3 aliphatic heterocycles. The molecule has 1 aromatic carbocycles. The molecule has 7 heteroatoms. The molecule has 1 aromatic rings. The minimum Gasteiger partial charge on any atom is -0.384 e. The standard InChI is InChI=1S/C28H44O7/c1-18-16-32-24(5,20(3)19(18)2)35-27(8)25(6,29)26(7)23(4,34-28(27,9)30-10)17-31-22(33-26)21-14-12-11-13-15-21/h11-15,18-20,22,29H,16-17H2,1-10H3/t18-,19-,20+,22-,23+,24-,25+,26+,27-,28-/m0/s1. The Kier molecular flexibility index (Phi) is 6.54. The number of aliphatic hydroxyl groups is 1. The summed E-state index contributed by atoms with van der Waals surface area (Å²) in [5.74, 6) is -1.48. The summed E-state index contributed by atoms with van der Waals surface area (Å²) in [5.41, 5.74) is -4.36. The second-order valence-corrected chi connectivity index (χ2v) is 11.8. The Labute approximate surface area is 210 Å². The van der Waals surface area contributed by atoms with E-state index in [1.807, 2.05) is 58.0 Å². The van der Waals surface area contributed by atoms with Crippen LogP contribution in [0.1, 0.15) is 74.2 Å². The van der Waals surface area contributed by atoms with E-state index in [2.05, 4.69) is 20.8 Å². The Bertz CT molecular complexity index is 923. The van der Waals surface area contributed by atoms with E-state index in [4.69, 9.17) is 28.4 Å². The summed E-state index contributed by atoms with van der Waals surface area (Å²) in [6.45, 7) is 18.4. The summed E-state index contributed by atoms with van der Waals surface area (Å²) in [5, 5.41) is 12.6. The maximum atomic E-state index is 12.6. The van der Waals surface area contributed by atoms with Crippen molar-refractivity contribution in [1.29, 1.82) is 0 Å². The smallest absolute Gasteiger partial charge is 0.198 e. The molecule has 198 valence electrons. The fraction of sp³-hybridized carbons (Fsp3) is 0.786. The summed E-state index contributed by atoms with van der Waals surface area (Å²) in [7, 11) is 1.57. The Hall–Kier alpha value is -1.06. The SMILES string of the molecule is CO[C@@]1(C)O[C@]2(C)CO[C@H](c3ccccc3)O[C@@]2(C)[C@@](C)(O)[C@]1(C)O[C@]1(C)OC[C@H](C)[C@H](C)[C@H]1C. The van der Waals surface area contributed by atoms with Crippen molar-refractivity contribution < 1.29 is 33.5 Å². The first-order chi connectivity index (χ1) is 16.1. The van der Waals surface area contributed by atoms with Crippen LogP contribution in [0, 0.1) is 17.8 Å². The first kappa shape index (κ1) is 27.0. The number of benzene rings is 1. The Balaban J connectivity index is 1.79. The zero-order valence-electron chi connectivity index (χ0n) is 23.0. The second-order valence-electron chi connectivity index (χ2n) is 11.8. The van der Waals surface area contributed by atoms with Crippen molar-refractivity contribution in [3.8, 4) is 0 Å². The fourth-order valence-electron chi connectivity index (χ4n) is 6.21. The van der Waals surface area contributed by atoms with Gasteiger partial charge in [-0.05, 0) is 53.4 Å². The van der Waals surface area contributed by atoms with Gasteiger partial charge in [0, 0.05) is 18.6 Å². The number of ether oxygens (including phenoxy) is 6. The Morgan fingerprint density at radius 1 is 0.971 bits per heavy atom. The Morgan fingerprint density at radius 2 is 1.60 bits per heavy atom.